The third-order valence-corrected chi connectivity index (χ3v) is 6.50. The lowest BCUT2D eigenvalue weighted by Crippen LogP contribution is -2.38. The summed E-state index contributed by atoms with van der Waals surface area (Å²) in [6.45, 7) is 10.3. The first-order valence-corrected chi connectivity index (χ1v) is 12.1. The highest BCUT2D eigenvalue weighted by Crippen LogP contribution is 2.32. The molecule has 0 atom stereocenters. The summed E-state index contributed by atoms with van der Waals surface area (Å²) in [7, 11) is 1.64. The van der Waals surface area contributed by atoms with Crippen molar-refractivity contribution < 1.29 is 14.3 Å². The molecule has 0 spiro atoms. The molecule has 3 rings (SSSR count). The molecule has 0 N–H and O–H groups in total. The predicted molar refractivity (Wildman–Crippen MR) is 140 cm³/mol. The molecule has 0 radical (unpaired) electrons. The van der Waals surface area contributed by atoms with Crippen LogP contribution < -0.4 is 14.4 Å². The predicted octanol–water partition coefficient (Wildman–Crippen LogP) is 5.89. The molecule has 0 bridgehead atoms. The number of hydrogen-bond acceptors (Lipinski definition) is 6. The summed E-state index contributed by atoms with van der Waals surface area (Å²) >= 11 is 1.52. The minimum atomic E-state index is -0.0656. The molecule has 8 heteroatoms. The number of benzene rings is 2. The summed E-state index contributed by atoms with van der Waals surface area (Å²) < 4.78 is 12.2. The van der Waals surface area contributed by atoms with Gasteiger partial charge in [-0.05, 0) is 49.8 Å². The maximum atomic E-state index is 13.6. The van der Waals surface area contributed by atoms with Gasteiger partial charge < -0.3 is 14.4 Å². The van der Waals surface area contributed by atoms with Crippen LogP contribution in [0.25, 0.3) is 10.2 Å². The van der Waals surface area contributed by atoms with E-state index in [9.17, 15) is 4.79 Å². The van der Waals surface area contributed by atoms with Crippen LogP contribution in [0.1, 0.15) is 44.0 Å². The van der Waals surface area contributed by atoms with E-state index in [4.69, 9.17) is 14.5 Å². The van der Waals surface area contributed by atoms with E-state index in [-0.39, 0.29) is 18.3 Å². The van der Waals surface area contributed by atoms with Crippen LogP contribution in [0.3, 0.4) is 0 Å². The average Bonchev–Trinajstić information content (AvgIpc) is 3.24. The van der Waals surface area contributed by atoms with E-state index in [1.165, 1.54) is 11.3 Å². The van der Waals surface area contributed by atoms with Crippen molar-refractivity contribution in [2.75, 3.05) is 44.8 Å². The number of unbranched alkanes of at least 4 members (excludes halogenated alkanes) is 1. The SMILES string of the molecule is CCCCOc1cccc(C(=O)N(CCN(CC)CC)c2nc3cc(OC)ccc3s2)c1.Cl. The van der Waals surface area contributed by atoms with E-state index in [1.807, 2.05) is 42.5 Å². The molecule has 2 aromatic carbocycles. The second-order valence-corrected chi connectivity index (χ2v) is 8.55. The number of fused-ring (bicyclic) bond motifs is 1. The maximum Gasteiger partial charge on any atom is 0.260 e. The number of amides is 1. The van der Waals surface area contributed by atoms with Gasteiger partial charge in [-0.15, -0.1) is 12.4 Å². The Labute approximate surface area is 206 Å². The Balaban J connectivity index is 0.00000385. The summed E-state index contributed by atoms with van der Waals surface area (Å²) in [5, 5.41) is 0.697. The van der Waals surface area contributed by atoms with Crippen molar-refractivity contribution in [2.24, 2.45) is 0 Å². The number of anilines is 1. The molecule has 0 aliphatic rings. The van der Waals surface area contributed by atoms with Crippen LogP contribution in [0.15, 0.2) is 42.5 Å². The Kier molecular flexibility index (Phi) is 10.9. The summed E-state index contributed by atoms with van der Waals surface area (Å²) in [5.74, 6) is 1.42. The van der Waals surface area contributed by atoms with E-state index in [0.29, 0.717) is 23.8 Å². The first-order chi connectivity index (χ1) is 15.6. The molecule has 1 heterocycles. The van der Waals surface area contributed by atoms with Crippen LogP contribution in [0, 0.1) is 0 Å². The number of aromatic nitrogens is 1. The molecule has 0 saturated heterocycles. The molecular weight excluding hydrogens is 458 g/mol. The van der Waals surface area contributed by atoms with Crippen LogP contribution >= 0.6 is 23.7 Å². The molecule has 0 saturated carbocycles. The first kappa shape index (κ1) is 26.9. The summed E-state index contributed by atoms with van der Waals surface area (Å²) in [6.07, 6.45) is 2.06. The number of ether oxygens (including phenoxy) is 2. The maximum absolute atomic E-state index is 13.6. The van der Waals surface area contributed by atoms with Crippen molar-refractivity contribution in [3.8, 4) is 11.5 Å². The van der Waals surface area contributed by atoms with Crippen LogP contribution in [0.5, 0.6) is 11.5 Å². The molecule has 0 fully saturated rings. The molecule has 33 heavy (non-hydrogen) atoms. The number of thiazole rings is 1. The second-order valence-electron chi connectivity index (χ2n) is 7.54. The van der Waals surface area contributed by atoms with Gasteiger partial charge in [0, 0.05) is 24.7 Å². The normalized spacial score (nSPS) is 10.8. The minimum Gasteiger partial charge on any atom is -0.497 e. The quantitative estimate of drug-likeness (QED) is 0.295. The lowest BCUT2D eigenvalue weighted by molar-refractivity contribution is 0.0983. The number of rotatable bonds is 12. The molecule has 1 aromatic heterocycles. The zero-order valence-corrected chi connectivity index (χ0v) is 21.5. The molecular formula is C25H34ClN3O3S. The monoisotopic (exact) mass is 491 g/mol. The molecule has 1 amide bonds. The van der Waals surface area contributed by atoms with Gasteiger partial charge in [-0.2, -0.15) is 0 Å². The number of nitrogens with zero attached hydrogens (tertiary/aromatic N) is 3. The number of carbonyl (C=O) groups excluding carboxylic acids is 1. The van der Waals surface area contributed by atoms with Gasteiger partial charge in [0.2, 0.25) is 0 Å². The zero-order valence-electron chi connectivity index (χ0n) is 19.9. The fourth-order valence-corrected chi connectivity index (χ4v) is 4.38. The van der Waals surface area contributed by atoms with E-state index < -0.39 is 0 Å². The Bertz CT molecular complexity index is 1020. The molecule has 6 nitrogen and oxygen atoms in total. The Morgan fingerprint density at radius 1 is 1.03 bits per heavy atom. The summed E-state index contributed by atoms with van der Waals surface area (Å²) in [5.41, 5.74) is 1.44. The Hall–Kier alpha value is -2.35. The molecule has 0 unspecified atom stereocenters. The standard InChI is InChI=1S/C25H33N3O3S.ClH/c1-5-8-16-31-21-11-9-10-19(17-21)24(29)28(15-14-27(6-2)7-3)25-26-22-18-20(30-4)12-13-23(22)32-25;/h9-13,17-18H,5-8,14-16H2,1-4H3;1H. The summed E-state index contributed by atoms with van der Waals surface area (Å²) in [6, 6.07) is 13.3. The average molecular weight is 492 g/mol. The van der Waals surface area contributed by atoms with Gasteiger partial charge in [0.25, 0.3) is 5.91 Å². The fourth-order valence-electron chi connectivity index (χ4n) is 3.41. The smallest absolute Gasteiger partial charge is 0.260 e. The Morgan fingerprint density at radius 3 is 2.52 bits per heavy atom. The number of hydrogen-bond donors (Lipinski definition) is 0. The van der Waals surface area contributed by atoms with Crippen LogP contribution in [0.2, 0.25) is 0 Å². The van der Waals surface area contributed by atoms with Gasteiger partial charge in [-0.1, -0.05) is 44.6 Å². The number of methoxy groups -OCH3 is 1. The second kappa shape index (κ2) is 13.4. The van der Waals surface area contributed by atoms with Gasteiger partial charge >= 0.3 is 0 Å². The Morgan fingerprint density at radius 2 is 1.82 bits per heavy atom. The van der Waals surface area contributed by atoms with E-state index in [0.717, 1.165) is 54.2 Å². The lowest BCUT2D eigenvalue weighted by Gasteiger charge is -2.25. The van der Waals surface area contributed by atoms with Gasteiger partial charge in [-0.3, -0.25) is 9.69 Å². The third-order valence-electron chi connectivity index (χ3n) is 5.44. The van der Waals surface area contributed by atoms with Crippen molar-refractivity contribution in [1.29, 1.82) is 0 Å². The molecule has 0 aliphatic carbocycles. The lowest BCUT2D eigenvalue weighted by atomic mass is 10.2. The fraction of sp³-hybridized carbons (Fsp3) is 0.440. The van der Waals surface area contributed by atoms with E-state index >= 15 is 0 Å². The highest BCUT2D eigenvalue weighted by atomic mass is 35.5. The van der Waals surface area contributed by atoms with Gasteiger partial charge in [0.05, 0.1) is 23.9 Å². The van der Waals surface area contributed by atoms with Crippen molar-refractivity contribution >= 4 is 45.0 Å². The number of halogens is 1. The first-order valence-electron chi connectivity index (χ1n) is 11.3. The molecule has 3 aromatic rings. The van der Waals surface area contributed by atoms with E-state index in [2.05, 4.69) is 25.7 Å². The molecule has 0 aliphatic heterocycles. The highest BCUT2D eigenvalue weighted by molar-refractivity contribution is 7.22. The van der Waals surface area contributed by atoms with E-state index in [1.54, 1.807) is 12.0 Å². The third kappa shape index (κ3) is 7.06. The van der Waals surface area contributed by atoms with Crippen molar-refractivity contribution in [1.82, 2.24) is 9.88 Å². The van der Waals surface area contributed by atoms with Crippen LogP contribution in [-0.4, -0.2) is 55.7 Å². The topological polar surface area (TPSA) is 54.9 Å². The van der Waals surface area contributed by atoms with Crippen molar-refractivity contribution in [2.45, 2.75) is 33.6 Å². The molecule has 180 valence electrons. The largest absolute Gasteiger partial charge is 0.497 e. The van der Waals surface area contributed by atoms with Crippen LogP contribution in [-0.2, 0) is 0 Å². The van der Waals surface area contributed by atoms with Gasteiger partial charge in [0.1, 0.15) is 11.5 Å². The number of carbonyl (C=O) groups is 1. The zero-order chi connectivity index (χ0) is 22.9. The van der Waals surface area contributed by atoms with Gasteiger partial charge in [-0.25, -0.2) is 4.98 Å². The van der Waals surface area contributed by atoms with Crippen molar-refractivity contribution in [3.05, 3.63) is 48.0 Å². The highest BCUT2D eigenvalue weighted by Gasteiger charge is 2.22. The minimum absolute atomic E-state index is 0. The van der Waals surface area contributed by atoms with Gasteiger partial charge in [0.15, 0.2) is 5.13 Å². The summed E-state index contributed by atoms with van der Waals surface area (Å²) in [4.78, 5) is 22.5. The van der Waals surface area contributed by atoms with Crippen molar-refractivity contribution in [3.63, 3.8) is 0 Å². The van der Waals surface area contributed by atoms with Crippen LogP contribution in [0.4, 0.5) is 5.13 Å². The number of likely N-dealkylation sites (N-methyl/N-ethyl adjacent to an activating group) is 1.